The third-order valence-corrected chi connectivity index (χ3v) is 5.31. The number of ether oxygens (including phenoxy) is 3. The van der Waals surface area contributed by atoms with Gasteiger partial charge in [0.05, 0.1) is 20.8 Å². The lowest BCUT2D eigenvalue weighted by atomic mass is 10.1. The van der Waals surface area contributed by atoms with Crippen LogP contribution >= 0.6 is 22.9 Å². The molecular formula is C20H20ClN3O4S. The highest BCUT2D eigenvalue weighted by Gasteiger charge is 2.21. The first-order chi connectivity index (χ1) is 14.1. The molecule has 0 saturated carbocycles. The summed E-state index contributed by atoms with van der Waals surface area (Å²) in [5.41, 5.74) is 1.43. The average Bonchev–Trinajstić information content (AvgIpc) is 3.22. The number of benzene rings is 2. The number of nitrogens with zero attached hydrogens (tertiary/aromatic N) is 2. The molecule has 9 heteroatoms. The number of anilines is 1. The maximum absolute atomic E-state index is 12.4. The number of hydrogen-bond donors (Lipinski definition) is 1. The molecule has 2 aromatic carbocycles. The number of nitrogens with one attached hydrogen (secondary N) is 1. The molecule has 0 radical (unpaired) electrons. The second-order valence-electron chi connectivity index (χ2n) is 5.82. The van der Waals surface area contributed by atoms with Gasteiger partial charge in [-0.05, 0) is 24.6 Å². The molecule has 152 valence electrons. The maximum Gasteiger partial charge on any atom is 0.248 e. The highest BCUT2D eigenvalue weighted by atomic mass is 35.5. The molecule has 3 aromatic rings. The van der Waals surface area contributed by atoms with Crippen LogP contribution in [0.2, 0.25) is 0 Å². The van der Waals surface area contributed by atoms with Gasteiger partial charge in [-0.3, -0.25) is 10.1 Å². The molecule has 0 fully saturated rings. The Morgan fingerprint density at radius 1 is 1.14 bits per heavy atom. The minimum atomic E-state index is -0.825. The van der Waals surface area contributed by atoms with Crippen LogP contribution < -0.4 is 19.5 Å². The first kappa shape index (κ1) is 20.9. The van der Waals surface area contributed by atoms with E-state index < -0.39 is 5.38 Å². The Hall–Kier alpha value is -2.84. The molecular weight excluding hydrogens is 414 g/mol. The predicted octanol–water partition coefficient (Wildman–Crippen LogP) is 4.54. The zero-order valence-corrected chi connectivity index (χ0v) is 17.7. The molecule has 0 aliphatic rings. The number of alkyl halides is 1. The fourth-order valence-corrected chi connectivity index (χ4v) is 3.56. The standard InChI is InChI=1S/C20H20ClN3O4S/c1-4-28-17-14(26-2)10-13(11-15(17)27-3)19-23-24-20(29-19)22-18(25)16(21)12-8-6-5-7-9-12/h5-11,16H,4H2,1-3H3,(H,22,24,25). The van der Waals surface area contributed by atoms with E-state index in [4.69, 9.17) is 25.8 Å². The summed E-state index contributed by atoms with van der Waals surface area (Å²) in [4.78, 5) is 12.4. The zero-order valence-electron chi connectivity index (χ0n) is 16.1. The SMILES string of the molecule is CCOc1c(OC)cc(-c2nnc(NC(=O)C(Cl)c3ccccc3)s2)cc1OC. The minimum Gasteiger partial charge on any atom is -0.493 e. The maximum atomic E-state index is 12.4. The van der Waals surface area contributed by atoms with E-state index in [1.165, 1.54) is 11.3 Å². The van der Waals surface area contributed by atoms with Gasteiger partial charge in [-0.25, -0.2) is 0 Å². The van der Waals surface area contributed by atoms with E-state index in [2.05, 4.69) is 15.5 Å². The fraction of sp³-hybridized carbons (Fsp3) is 0.250. The van der Waals surface area contributed by atoms with Crippen molar-refractivity contribution >= 4 is 34.0 Å². The van der Waals surface area contributed by atoms with Crippen molar-refractivity contribution in [3.8, 4) is 27.8 Å². The van der Waals surface area contributed by atoms with Crippen LogP contribution in [0.25, 0.3) is 10.6 Å². The van der Waals surface area contributed by atoms with E-state index in [1.807, 2.05) is 25.1 Å². The Kier molecular flexibility index (Phi) is 6.90. The molecule has 0 bridgehead atoms. The quantitative estimate of drug-likeness (QED) is 0.525. The highest BCUT2D eigenvalue weighted by molar-refractivity contribution is 7.18. The van der Waals surface area contributed by atoms with Gasteiger partial charge in [-0.1, -0.05) is 41.7 Å². The van der Waals surface area contributed by atoms with Gasteiger partial charge in [0.15, 0.2) is 11.5 Å². The van der Waals surface area contributed by atoms with Crippen LogP contribution in [0.5, 0.6) is 17.2 Å². The molecule has 0 aliphatic carbocycles. The lowest BCUT2D eigenvalue weighted by Crippen LogP contribution is -2.17. The van der Waals surface area contributed by atoms with Crippen LogP contribution in [0.4, 0.5) is 5.13 Å². The molecule has 1 atom stereocenters. The van der Waals surface area contributed by atoms with Crippen molar-refractivity contribution in [1.82, 2.24) is 10.2 Å². The summed E-state index contributed by atoms with van der Waals surface area (Å²) < 4.78 is 16.4. The molecule has 1 heterocycles. The van der Waals surface area contributed by atoms with Gasteiger partial charge in [0.1, 0.15) is 10.4 Å². The molecule has 1 amide bonds. The molecule has 0 aliphatic heterocycles. The van der Waals surface area contributed by atoms with Crippen molar-refractivity contribution in [2.75, 3.05) is 26.1 Å². The van der Waals surface area contributed by atoms with Crippen LogP contribution in [-0.4, -0.2) is 36.9 Å². The number of carbonyl (C=O) groups is 1. The van der Waals surface area contributed by atoms with E-state index in [9.17, 15) is 4.79 Å². The molecule has 29 heavy (non-hydrogen) atoms. The summed E-state index contributed by atoms with van der Waals surface area (Å²) >= 11 is 7.47. The Bertz CT molecular complexity index is 956. The van der Waals surface area contributed by atoms with E-state index >= 15 is 0 Å². The number of amides is 1. The smallest absolute Gasteiger partial charge is 0.248 e. The highest BCUT2D eigenvalue weighted by Crippen LogP contribution is 2.42. The van der Waals surface area contributed by atoms with Crippen molar-refractivity contribution in [2.45, 2.75) is 12.3 Å². The molecule has 3 rings (SSSR count). The third kappa shape index (κ3) is 4.78. The predicted molar refractivity (Wildman–Crippen MR) is 113 cm³/mol. The molecule has 0 spiro atoms. The van der Waals surface area contributed by atoms with Crippen molar-refractivity contribution in [3.05, 3.63) is 48.0 Å². The summed E-state index contributed by atoms with van der Waals surface area (Å²) in [6, 6.07) is 12.7. The first-order valence-corrected chi connectivity index (χ1v) is 10.0. The molecule has 1 unspecified atom stereocenters. The second-order valence-corrected chi connectivity index (χ2v) is 7.23. The van der Waals surface area contributed by atoms with Crippen LogP contribution in [0, 0.1) is 0 Å². The molecule has 7 nitrogen and oxygen atoms in total. The van der Waals surface area contributed by atoms with Crippen molar-refractivity contribution in [2.24, 2.45) is 0 Å². The first-order valence-electron chi connectivity index (χ1n) is 8.80. The van der Waals surface area contributed by atoms with Gasteiger partial charge in [-0.2, -0.15) is 0 Å². The van der Waals surface area contributed by atoms with Crippen LogP contribution in [0.15, 0.2) is 42.5 Å². The summed E-state index contributed by atoms with van der Waals surface area (Å²) in [6.45, 7) is 2.36. The molecule has 0 saturated heterocycles. The Balaban J connectivity index is 1.81. The van der Waals surface area contributed by atoms with E-state index in [0.717, 1.165) is 5.56 Å². The molecule has 1 aromatic heterocycles. The fourth-order valence-electron chi connectivity index (χ4n) is 2.62. The average molecular weight is 434 g/mol. The number of carbonyl (C=O) groups excluding carboxylic acids is 1. The third-order valence-electron chi connectivity index (χ3n) is 3.97. The van der Waals surface area contributed by atoms with Crippen LogP contribution in [-0.2, 0) is 4.79 Å². The number of rotatable bonds is 8. The van der Waals surface area contributed by atoms with Gasteiger partial charge in [0.2, 0.25) is 16.8 Å². The van der Waals surface area contributed by atoms with Crippen molar-refractivity contribution in [1.29, 1.82) is 0 Å². The Morgan fingerprint density at radius 3 is 2.38 bits per heavy atom. The zero-order chi connectivity index (χ0) is 20.8. The monoisotopic (exact) mass is 433 g/mol. The van der Waals surface area contributed by atoms with Gasteiger partial charge in [0.25, 0.3) is 0 Å². The van der Waals surface area contributed by atoms with Gasteiger partial charge in [-0.15, -0.1) is 21.8 Å². The number of aromatic nitrogens is 2. The summed E-state index contributed by atoms with van der Waals surface area (Å²) in [5.74, 6) is 1.19. The van der Waals surface area contributed by atoms with Gasteiger partial charge >= 0.3 is 0 Å². The summed E-state index contributed by atoms with van der Waals surface area (Å²) in [7, 11) is 3.11. The largest absolute Gasteiger partial charge is 0.493 e. The van der Waals surface area contributed by atoms with E-state index in [-0.39, 0.29) is 5.91 Å². The van der Waals surface area contributed by atoms with Gasteiger partial charge in [0, 0.05) is 5.56 Å². The molecule has 1 N–H and O–H groups in total. The van der Waals surface area contributed by atoms with Crippen LogP contribution in [0.1, 0.15) is 17.9 Å². The second kappa shape index (κ2) is 9.58. The normalized spacial score (nSPS) is 11.6. The van der Waals surface area contributed by atoms with Crippen molar-refractivity contribution in [3.63, 3.8) is 0 Å². The summed E-state index contributed by atoms with van der Waals surface area (Å²) in [5, 5.41) is 11.0. The van der Waals surface area contributed by atoms with E-state index in [0.29, 0.717) is 39.6 Å². The lowest BCUT2D eigenvalue weighted by Gasteiger charge is -2.14. The Morgan fingerprint density at radius 2 is 1.79 bits per heavy atom. The summed E-state index contributed by atoms with van der Waals surface area (Å²) in [6.07, 6.45) is 0. The van der Waals surface area contributed by atoms with Crippen molar-refractivity contribution < 1.29 is 19.0 Å². The number of methoxy groups -OCH3 is 2. The minimum absolute atomic E-state index is 0.346. The number of hydrogen-bond acceptors (Lipinski definition) is 7. The topological polar surface area (TPSA) is 82.6 Å². The lowest BCUT2D eigenvalue weighted by molar-refractivity contribution is -0.116. The Labute approximate surface area is 177 Å². The van der Waals surface area contributed by atoms with E-state index in [1.54, 1.807) is 38.5 Å². The van der Waals surface area contributed by atoms with Gasteiger partial charge < -0.3 is 14.2 Å². The number of halogens is 1. The van der Waals surface area contributed by atoms with Crippen LogP contribution in [0.3, 0.4) is 0 Å².